The Labute approximate surface area is 213 Å². The molecule has 190 valence electrons. The van der Waals surface area contributed by atoms with Crippen LogP contribution in [-0.2, 0) is 48.3 Å². The Kier molecular flexibility index (Phi) is 9.64. The number of ether oxygens (including phenoxy) is 5. The molecule has 1 saturated heterocycles. The molecule has 36 heavy (non-hydrogen) atoms. The van der Waals surface area contributed by atoms with E-state index in [4.69, 9.17) is 23.7 Å². The molecule has 1 aliphatic rings. The molecule has 3 aromatic carbocycles. The summed E-state index contributed by atoms with van der Waals surface area (Å²) in [6, 6.07) is 30.0. The quantitative estimate of drug-likeness (QED) is 0.349. The monoisotopic (exact) mass is 490 g/mol. The van der Waals surface area contributed by atoms with Gasteiger partial charge in [0.25, 0.3) is 0 Å². The van der Waals surface area contributed by atoms with E-state index in [9.17, 15) is 4.79 Å². The molecule has 0 N–H and O–H groups in total. The van der Waals surface area contributed by atoms with Crippen LogP contribution >= 0.6 is 0 Å². The van der Waals surface area contributed by atoms with Crippen molar-refractivity contribution >= 4 is 5.97 Å². The van der Waals surface area contributed by atoms with E-state index >= 15 is 0 Å². The SMILES string of the molecule is CC(=O)OCC1OC(C)C(OCc2ccccc2)C(OCc2ccccc2)C1OCc1ccccc1. The summed E-state index contributed by atoms with van der Waals surface area (Å²) in [4.78, 5) is 11.6. The van der Waals surface area contributed by atoms with Crippen LogP contribution in [0.2, 0.25) is 0 Å². The van der Waals surface area contributed by atoms with Crippen LogP contribution in [-0.4, -0.2) is 43.1 Å². The highest BCUT2D eigenvalue weighted by atomic mass is 16.6. The van der Waals surface area contributed by atoms with Gasteiger partial charge in [-0.15, -0.1) is 0 Å². The molecule has 0 aromatic heterocycles. The van der Waals surface area contributed by atoms with Crippen molar-refractivity contribution in [3.05, 3.63) is 108 Å². The zero-order valence-corrected chi connectivity index (χ0v) is 20.8. The molecular weight excluding hydrogens is 456 g/mol. The minimum absolute atomic E-state index is 0.0791. The predicted octanol–water partition coefficient (Wildman–Crippen LogP) is 5.09. The Morgan fingerprint density at radius 3 is 1.53 bits per heavy atom. The highest BCUT2D eigenvalue weighted by Gasteiger charge is 2.47. The molecule has 0 radical (unpaired) electrons. The molecule has 0 spiro atoms. The summed E-state index contributed by atoms with van der Waals surface area (Å²) < 4.78 is 31.0. The first-order valence-corrected chi connectivity index (χ1v) is 12.4. The number of esters is 1. The van der Waals surface area contributed by atoms with E-state index in [2.05, 4.69) is 0 Å². The summed E-state index contributed by atoms with van der Waals surface area (Å²) >= 11 is 0. The van der Waals surface area contributed by atoms with E-state index < -0.39 is 18.3 Å². The lowest BCUT2D eigenvalue weighted by atomic mass is 9.94. The standard InChI is InChI=1S/C30H34O6/c1-22-28(33-18-24-12-6-3-7-13-24)30(35-20-26-16-10-5-11-17-26)29(27(36-22)21-32-23(2)31)34-19-25-14-8-4-9-15-25/h3-17,22,27-30H,18-21H2,1-2H3. The third kappa shape index (κ3) is 7.48. The van der Waals surface area contributed by atoms with Gasteiger partial charge in [-0.1, -0.05) is 91.0 Å². The van der Waals surface area contributed by atoms with Crippen molar-refractivity contribution in [3.8, 4) is 0 Å². The molecule has 0 aliphatic carbocycles. The lowest BCUT2D eigenvalue weighted by molar-refractivity contribution is -0.267. The molecule has 0 amide bonds. The van der Waals surface area contributed by atoms with Gasteiger partial charge in [0.05, 0.1) is 25.9 Å². The Balaban J connectivity index is 1.57. The summed E-state index contributed by atoms with van der Waals surface area (Å²) in [6.07, 6.45) is -2.13. The molecule has 5 unspecified atom stereocenters. The Morgan fingerprint density at radius 2 is 1.08 bits per heavy atom. The van der Waals surface area contributed by atoms with Crippen LogP contribution < -0.4 is 0 Å². The first kappa shape index (κ1) is 26.0. The minimum Gasteiger partial charge on any atom is -0.463 e. The van der Waals surface area contributed by atoms with Gasteiger partial charge in [0.1, 0.15) is 31.0 Å². The summed E-state index contributed by atoms with van der Waals surface area (Å²) in [5.74, 6) is -0.364. The van der Waals surface area contributed by atoms with Crippen molar-refractivity contribution in [2.75, 3.05) is 6.61 Å². The van der Waals surface area contributed by atoms with Gasteiger partial charge in [0.15, 0.2) is 0 Å². The first-order chi connectivity index (χ1) is 17.6. The van der Waals surface area contributed by atoms with Crippen LogP contribution in [0.4, 0.5) is 0 Å². The molecule has 0 bridgehead atoms. The third-order valence-corrected chi connectivity index (χ3v) is 6.17. The molecule has 3 aromatic rings. The molecule has 6 nitrogen and oxygen atoms in total. The Morgan fingerprint density at radius 1 is 0.667 bits per heavy atom. The second kappa shape index (κ2) is 13.3. The predicted molar refractivity (Wildman–Crippen MR) is 136 cm³/mol. The summed E-state index contributed by atoms with van der Waals surface area (Å²) in [7, 11) is 0. The van der Waals surface area contributed by atoms with Crippen molar-refractivity contribution in [3.63, 3.8) is 0 Å². The Bertz CT molecular complexity index is 1040. The number of rotatable bonds is 11. The van der Waals surface area contributed by atoms with Crippen LogP contribution in [0.1, 0.15) is 30.5 Å². The van der Waals surface area contributed by atoms with Crippen LogP contribution in [0.25, 0.3) is 0 Å². The lowest BCUT2D eigenvalue weighted by Crippen LogP contribution is -2.60. The molecule has 1 fully saturated rings. The zero-order chi connectivity index (χ0) is 25.2. The van der Waals surface area contributed by atoms with Gasteiger partial charge in [-0.25, -0.2) is 0 Å². The molecule has 0 saturated carbocycles. The van der Waals surface area contributed by atoms with Crippen LogP contribution in [0, 0.1) is 0 Å². The average molecular weight is 491 g/mol. The van der Waals surface area contributed by atoms with Gasteiger partial charge < -0.3 is 23.7 Å². The molecule has 1 aliphatic heterocycles. The van der Waals surface area contributed by atoms with Gasteiger partial charge in [-0.05, 0) is 23.6 Å². The van der Waals surface area contributed by atoms with Gasteiger partial charge in [-0.3, -0.25) is 4.79 Å². The summed E-state index contributed by atoms with van der Waals surface area (Å²) in [5, 5.41) is 0. The summed E-state index contributed by atoms with van der Waals surface area (Å²) in [6.45, 7) is 4.62. The van der Waals surface area contributed by atoms with Gasteiger partial charge >= 0.3 is 5.97 Å². The molecule has 4 rings (SSSR count). The topological polar surface area (TPSA) is 63.2 Å². The van der Waals surface area contributed by atoms with Crippen molar-refractivity contribution < 1.29 is 28.5 Å². The number of benzene rings is 3. The van der Waals surface area contributed by atoms with Crippen molar-refractivity contribution in [1.82, 2.24) is 0 Å². The molecule has 5 atom stereocenters. The van der Waals surface area contributed by atoms with E-state index in [1.807, 2.05) is 97.9 Å². The highest BCUT2D eigenvalue weighted by Crippen LogP contribution is 2.30. The highest BCUT2D eigenvalue weighted by molar-refractivity contribution is 5.65. The fourth-order valence-corrected chi connectivity index (χ4v) is 4.35. The maximum absolute atomic E-state index is 11.6. The van der Waals surface area contributed by atoms with Gasteiger partial charge in [0.2, 0.25) is 0 Å². The fraction of sp³-hybridized carbons (Fsp3) is 0.367. The maximum Gasteiger partial charge on any atom is 0.302 e. The number of carbonyl (C=O) groups is 1. The maximum atomic E-state index is 11.6. The number of carbonyl (C=O) groups excluding carboxylic acids is 1. The van der Waals surface area contributed by atoms with Gasteiger partial charge in [-0.2, -0.15) is 0 Å². The normalized spacial score (nSPS) is 23.8. The zero-order valence-electron chi connectivity index (χ0n) is 20.8. The Hall–Kier alpha value is -3.03. The molecular formula is C30H34O6. The number of hydrogen-bond acceptors (Lipinski definition) is 6. The minimum atomic E-state index is -0.509. The second-order valence-electron chi connectivity index (χ2n) is 8.97. The number of hydrogen-bond donors (Lipinski definition) is 0. The van der Waals surface area contributed by atoms with E-state index in [1.165, 1.54) is 6.92 Å². The van der Waals surface area contributed by atoms with Crippen LogP contribution in [0.3, 0.4) is 0 Å². The fourth-order valence-electron chi connectivity index (χ4n) is 4.35. The average Bonchev–Trinajstić information content (AvgIpc) is 2.91. The summed E-state index contributed by atoms with van der Waals surface area (Å²) in [5.41, 5.74) is 3.15. The smallest absolute Gasteiger partial charge is 0.302 e. The van der Waals surface area contributed by atoms with Crippen molar-refractivity contribution in [2.45, 2.75) is 64.2 Å². The third-order valence-electron chi connectivity index (χ3n) is 6.17. The first-order valence-electron chi connectivity index (χ1n) is 12.4. The van der Waals surface area contributed by atoms with Crippen molar-refractivity contribution in [2.24, 2.45) is 0 Å². The van der Waals surface area contributed by atoms with Crippen LogP contribution in [0.5, 0.6) is 0 Å². The van der Waals surface area contributed by atoms with E-state index in [0.29, 0.717) is 19.8 Å². The van der Waals surface area contributed by atoms with E-state index in [1.54, 1.807) is 0 Å². The second-order valence-corrected chi connectivity index (χ2v) is 8.97. The molecule has 6 heteroatoms. The van der Waals surface area contributed by atoms with E-state index in [0.717, 1.165) is 16.7 Å². The largest absolute Gasteiger partial charge is 0.463 e. The molecule has 1 heterocycles. The lowest BCUT2D eigenvalue weighted by Gasteiger charge is -2.45. The van der Waals surface area contributed by atoms with Crippen LogP contribution in [0.15, 0.2) is 91.0 Å². The van der Waals surface area contributed by atoms with Gasteiger partial charge in [0, 0.05) is 6.92 Å². The van der Waals surface area contributed by atoms with E-state index in [-0.39, 0.29) is 24.8 Å². The van der Waals surface area contributed by atoms with Crippen molar-refractivity contribution in [1.29, 1.82) is 0 Å².